The molecule has 2 rings (SSSR count). The second kappa shape index (κ2) is 7.12. The van der Waals surface area contributed by atoms with E-state index in [2.05, 4.69) is 55.5 Å². The predicted molar refractivity (Wildman–Crippen MR) is 71.9 cm³/mol. The highest BCUT2D eigenvalue weighted by molar-refractivity contribution is 5.63. The van der Waals surface area contributed by atoms with Gasteiger partial charge >= 0.3 is 6.16 Å². The molecule has 2 aromatic carbocycles. The molecule has 3 heteroatoms. The molecule has 0 amide bonds. The molecule has 94 valence electrons. The van der Waals surface area contributed by atoms with Crippen LogP contribution in [-0.4, -0.2) is 16.4 Å². The molecule has 0 bridgehead atoms. The predicted octanol–water partition coefficient (Wildman–Crippen LogP) is 4.14. The monoisotopic (exact) mass is 244 g/mol. The van der Waals surface area contributed by atoms with E-state index in [9.17, 15) is 0 Å². The van der Waals surface area contributed by atoms with Crippen molar-refractivity contribution in [2.45, 2.75) is 13.3 Å². The fourth-order valence-electron chi connectivity index (χ4n) is 1.56. The summed E-state index contributed by atoms with van der Waals surface area (Å²) in [5.74, 6) is 0. The van der Waals surface area contributed by atoms with Crippen LogP contribution in [0.4, 0.5) is 4.79 Å². The lowest BCUT2D eigenvalue weighted by Gasteiger charge is -2.02. The molecule has 0 spiro atoms. The Morgan fingerprint density at radius 1 is 0.889 bits per heavy atom. The topological polar surface area (TPSA) is 57.5 Å². The first-order valence-corrected chi connectivity index (χ1v) is 5.69. The summed E-state index contributed by atoms with van der Waals surface area (Å²) in [7, 11) is 0. The van der Waals surface area contributed by atoms with E-state index in [4.69, 9.17) is 15.0 Å². The summed E-state index contributed by atoms with van der Waals surface area (Å²) in [5, 5.41) is 13.9. The fraction of sp³-hybridized carbons (Fsp3) is 0.133. The molecule has 2 N–H and O–H groups in total. The van der Waals surface area contributed by atoms with Crippen molar-refractivity contribution in [3.05, 3.63) is 60.2 Å². The van der Waals surface area contributed by atoms with E-state index in [0.29, 0.717) is 0 Å². The summed E-state index contributed by atoms with van der Waals surface area (Å²) in [4.78, 5) is 8.56. The Bertz CT molecular complexity index is 471. The molecule has 0 aliphatic heterocycles. The van der Waals surface area contributed by atoms with Crippen molar-refractivity contribution < 1.29 is 15.0 Å². The molecule has 0 radical (unpaired) electrons. The van der Waals surface area contributed by atoms with E-state index in [1.54, 1.807) is 0 Å². The lowest BCUT2D eigenvalue weighted by Crippen LogP contribution is -1.81. The summed E-state index contributed by atoms with van der Waals surface area (Å²) < 4.78 is 0. The van der Waals surface area contributed by atoms with Gasteiger partial charge in [-0.3, -0.25) is 0 Å². The average molecular weight is 244 g/mol. The van der Waals surface area contributed by atoms with Crippen molar-refractivity contribution in [1.82, 2.24) is 0 Å². The summed E-state index contributed by atoms with van der Waals surface area (Å²) in [6.07, 6.45) is -0.727. The number of aryl methyl sites for hydroxylation is 1. The van der Waals surface area contributed by atoms with Gasteiger partial charge in [0.1, 0.15) is 0 Å². The van der Waals surface area contributed by atoms with Crippen molar-refractivity contribution in [3.8, 4) is 11.1 Å². The van der Waals surface area contributed by atoms with Crippen LogP contribution in [0.2, 0.25) is 0 Å². The van der Waals surface area contributed by atoms with Gasteiger partial charge in [-0.25, -0.2) is 4.79 Å². The van der Waals surface area contributed by atoms with E-state index in [1.807, 2.05) is 6.07 Å². The van der Waals surface area contributed by atoms with Crippen molar-refractivity contribution >= 4 is 6.16 Å². The largest absolute Gasteiger partial charge is 0.503 e. The van der Waals surface area contributed by atoms with Gasteiger partial charge < -0.3 is 10.2 Å². The quantitative estimate of drug-likeness (QED) is 0.834. The summed E-state index contributed by atoms with van der Waals surface area (Å²) in [6.45, 7) is 2.18. The molecule has 0 fully saturated rings. The molecule has 18 heavy (non-hydrogen) atoms. The average Bonchev–Trinajstić information content (AvgIpc) is 2.39. The van der Waals surface area contributed by atoms with E-state index in [-0.39, 0.29) is 0 Å². The van der Waals surface area contributed by atoms with Crippen LogP contribution in [0.1, 0.15) is 12.5 Å². The van der Waals surface area contributed by atoms with Crippen molar-refractivity contribution in [1.29, 1.82) is 0 Å². The first-order chi connectivity index (χ1) is 8.63. The lowest BCUT2D eigenvalue weighted by atomic mass is 10.0. The van der Waals surface area contributed by atoms with Gasteiger partial charge in [-0.1, -0.05) is 61.5 Å². The Balaban J connectivity index is 0.000000357. The van der Waals surface area contributed by atoms with Gasteiger partial charge in [0.2, 0.25) is 0 Å². The van der Waals surface area contributed by atoms with Crippen LogP contribution in [0.15, 0.2) is 54.6 Å². The molecule has 0 saturated heterocycles. The van der Waals surface area contributed by atoms with Crippen LogP contribution in [0.25, 0.3) is 11.1 Å². The minimum Gasteiger partial charge on any atom is -0.450 e. The third kappa shape index (κ3) is 4.70. The number of rotatable bonds is 2. The molecule has 2 aromatic rings. The highest BCUT2D eigenvalue weighted by atomic mass is 16.6. The highest BCUT2D eigenvalue weighted by Gasteiger charge is 1.95. The molecule has 0 saturated carbocycles. The summed E-state index contributed by atoms with van der Waals surface area (Å²) in [5.41, 5.74) is 3.97. The zero-order chi connectivity index (χ0) is 13.4. The minimum atomic E-state index is -1.83. The van der Waals surface area contributed by atoms with E-state index in [1.165, 1.54) is 16.7 Å². The molecule has 0 unspecified atom stereocenters. The van der Waals surface area contributed by atoms with Crippen LogP contribution < -0.4 is 0 Å². The SMILES string of the molecule is CCc1ccc(-c2ccccc2)cc1.O=C(O)O. The molecule has 0 aliphatic rings. The second-order valence-electron chi connectivity index (χ2n) is 3.70. The number of hydrogen-bond acceptors (Lipinski definition) is 1. The lowest BCUT2D eigenvalue weighted by molar-refractivity contribution is 0.137. The maximum absolute atomic E-state index is 8.56. The number of carboxylic acid groups (broad SMARTS) is 2. The third-order valence-electron chi connectivity index (χ3n) is 2.47. The van der Waals surface area contributed by atoms with E-state index >= 15 is 0 Å². The maximum Gasteiger partial charge on any atom is 0.503 e. The molecule has 0 aromatic heterocycles. The number of benzene rings is 2. The Labute approximate surface area is 106 Å². The zero-order valence-electron chi connectivity index (χ0n) is 10.2. The summed E-state index contributed by atoms with van der Waals surface area (Å²) in [6, 6.07) is 19.2. The van der Waals surface area contributed by atoms with Crippen molar-refractivity contribution in [2.24, 2.45) is 0 Å². The van der Waals surface area contributed by atoms with Crippen LogP contribution >= 0.6 is 0 Å². The Kier molecular flexibility index (Phi) is 5.45. The molecule has 0 atom stereocenters. The Hall–Kier alpha value is -2.29. The van der Waals surface area contributed by atoms with Crippen molar-refractivity contribution in [3.63, 3.8) is 0 Å². The minimum absolute atomic E-state index is 1.11. The maximum atomic E-state index is 8.56. The molecule has 3 nitrogen and oxygen atoms in total. The van der Waals surface area contributed by atoms with Gasteiger partial charge in [0.25, 0.3) is 0 Å². The van der Waals surface area contributed by atoms with Gasteiger partial charge in [0.05, 0.1) is 0 Å². The first kappa shape index (κ1) is 13.8. The highest BCUT2D eigenvalue weighted by Crippen LogP contribution is 2.19. The smallest absolute Gasteiger partial charge is 0.450 e. The molecule has 0 heterocycles. The molecular weight excluding hydrogens is 228 g/mol. The number of hydrogen-bond donors (Lipinski definition) is 2. The van der Waals surface area contributed by atoms with Crippen LogP contribution in [0.5, 0.6) is 0 Å². The van der Waals surface area contributed by atoms with Gasteiger partial charge in [-0.15, -0.1) is 0 Å². The van der Waals surface area contributed by atoms with Crippen LogP contribution in [0, 0.1) is 0 Å². The van der Waals surface area contributed by atoms with Crippen molar-refractivity contribution in [2.75, 3.05) is 0 Å². The van der Waals surface area contributed by atoms with Crippen LogP contribution in [-0.2, 0) is 6.42 Å². The van der Waals surface area contributed by atoms with Crippen LogP contribution in [0.3, 0.4) is 0 Å². The Morgan fingerprint density at radius 2 is 1.33 bits per heavy atom. The zero-order valence-corrected chi connectivity index (χ0v) is 10.2. The molecular formula is C15H16O3. The van der Waals surface area contributed by atoms with Gasteiger partial charge in [0, 0.05) is 0 Å². The summed E-state index contributed by atoms with van der Waals surface area (Å²) >= 11 is 0. The molecule has 0 aliphatic carbocycles. The normalized spacial score (nSPS) is 9.17. The second-order valence-corrected chi connectivity index (χ2v) is 3.70. The van der Waals surface area contributed by atoms with E-state index in [0.717, 1.165) is 6.42 Å². The van der Waals surface area contributed by atoms with Gasteiger partial charge in [-0.2, -0.15) is 0 Å². The standard InChI is InChI=1S/C14H14.CH2O3/c1-2-12-8-10-14(11-9-12)13-6-4-3-5-7-13;2-1(3)4/h3-11H,2H2,1H3;(H2,2,3,4). The Morgan fingerprint density at radius 3 is 1.78 bits per heavy atom. The van der Waals surface area contributed by atoms with Gasteiger partial charge in [-0.05, 0) is 23.1 Å². The first-order valence-electron chi connectivity index (χ1n) is 5.69. The third-order valence-corrected chi connectivity index (χ3v) is 2.47. The fourth-order valence-corrected chi connectivity index (χ4v) is 1.56. The van der Waals surface area contributed by atoms with Gasteiger partial charge in [0.15, 0.2) is 0 Å². The van der Waals surface area contributed by atoms with E-state index < -0.39 is 6.16 Å². The number of carbonyl (C=O) groups is 1.